The Balaban J connectivity index is 3.18. The zero-order valence-corrected chi connectivity index (χ0v) is 11.8. The Morgan fingerprint density at radius 3 is 2.33 bits per heavy atom. The highest BCUT2D eigenvalue weighted by Gasteiger charge is 2.32. The monoisotopic (exact) mass is 286 g/mol. The van der Waals surface area contributed by atoms with Gasteiger partial charge in [0.25, 0.3) is 0 Å². The van der Waals surface area contributed by atoms with Crippen molar-refractivity contribution in [3.8, 4) is 6.07 Å². The molecule has 6 heteroatoms. The van der Waals surface area contributed by atoms with E-state index in [0.29, 0.717) is 12.8 Å². The van der Waals surface area contributed by atoms with E-state index < -0.39 is 15.6 Å². The normalized spacial score (nSPS) is 12.1. The number of rotatable bonds is 5. The van der Waals surface area contributed by atoms with Crippen LogP contribution in [0.5, 0.6) is 0 Å². The average Bonchev–Trinajstić information content (AvgIpc) is 2.36. The maximum absolute atomic E-state index is 12.2. The summed E-state index contributed by atoms with van der Waals surface area (Å²) in [6.07, 6.45) is 0.785. The molecule has 0 aliphatic heterocycles. The van der Waals surface area contributed by atoms with Crippen LogP contribution >= 0.6 is 11.6 Å². The standard InChI is InChI=1S/C12H15ClN2O2S/c1-3-12(4-2,9-14)15-18(16,17)11-8-6-5-7-10(11)13/h5-8,15H,3-4H2,1-2H3. The third-order valence-corrected chi connectivity index (χ3v) is 4.91. The molecule has 98 valence electrons. The number of halogens is 1. The zero-order valence-electron chi connectivity index (χ0n) is 10.3. The van der Waals surface area contributed by atoms with Gasteiger partial charge in [0.15, 0.2) is 0 Å². The first-order chi connectivity index (χ1) is 8.40. The molecule has 0 radical (unpaired) electrons. The molecular formula is C12H15ClN2O2S. The van der Waals surface area contributed by atoms with Gasteiger partial charge >= 0.3 is 0 Å². The molecule has 0 spiro atoms. The number of nitrogens with one attached hydrogen (secondary N) is 1. The molecule has 0 aliphatic carbocycles. The first kappa shape index (κ1) is 15.0. The molecule has 0 unspecified atom stereocenters. The van der Waals surface area contributed by atoms with Gasteiger partial charge in [0.05, 0.1) is 11.1 Å². The van der Waals surface area contributed by atoms with Gasteiger partial charge in [-0.05, 0) is 25.0 Å². The fourth-order valence-electron chi connectivity index (χ4n) is 1.55. The van der Waals surface area contributed by atoms with Crippen LogP contribution in [0.1, 0.15) is 26.7 Å². The van der Waals surface area contributed by atoms with Crippen molar-refractivity contribution in [1.82, 2.24) is 4.72 Å². The van der Waals surface area contributed by atoms with Crippen molar-refractivity contribution in [1.29, 1.82) is 5.26 Å². The second kappa shape index (κ2) is 5.70. The molecule has 0 saturated heterocycles. The van der Waals surface area contributed by atoms with Crippen molar-refractivity contribution in [2.24, 2.45) is 0 Å². The predicted octanol–water partition coefficient (Wildman–Crippen LogP) is 2.70. The largest absolute Gasteiger partial charge is 0.243 e. The number of hydrogen-bond donors (Lipinski definition) is 1. The van der Waals surface area contributed by atoms with Crippen LogP contribution in [0, 0.1) is 11.3 Å². The number of benzene rings is 1. The Morgan fingerprint density at radius 1 is 1.33 bits per heavy atom. The fraction of sp³-hybridized carbons (Fsp3) is 0.417. The molecule has 18 heavy (non-hydrogen) atoms. The Labute approximate surface area is 113 Å². The molecule has 0 aromatic heterocycles. The average molecular weight is 287 g/mol. The Bertz CT molecular complexity index is 560. The van der Waals surface area contributed by atoms with Gasteiger partial charge in [-0.25, -0.2) is 8.42 Å². The minimum absolute atomic E-state index is 0.00630. The van der Waals surface area contributed by atoms with Gasteiger partial charge in [-0.15, -0.1) is 0 Å². The second-order valence-corrected chi connectivity index (χ2v) is 5.99. The summed E-state index contributed by atoms with van der Waals surface area (Å²) in [4.78, 5) is -0.00630. The third kappa shape index (κ3) is 3.02. The first-order valence-corrected chi connectivity index (χ1v) is 7.46. The molecule has 1 N–H and O–H groups in total. The lowest BCUT2D eigenvalue weighted by molar-refractivity contribution is 0.446. The van der Waals surface area contributed by atoms with E-state index >= 15 is 0 Å². The molecule has 0 heterocycles. The zero-order chi connectivity index (χ0) is 13.8. The van der Waals surface area contributed by atoms with Gasteiger partial charge in [0, 0.05) is 0 Å². The topological polar surface area (TPSA) is 70.0 Å². The van der Waals surface area contributed by atoms with E-state index in [4.69, 9.17) is 16.9 Å². The molecule has 4 nitrogen and oxygen atoms in total. The van der Waals surface area contributed by atoms with E-state index in [2.05, 4.69) is 4.72 Å². The van der Waals surface area contributed by atoms with Crippen LogP contribution < -0.4 is 4.72 Å². The lowest BCUT2D eigenvalue weighted by Gasteiger charge is -2.24. The summed E-state index contributed by atoms with van der Waals surface area (Å²) in [6, 6.07) is 8.18. The van der Waals surface area contributed by atoms with E-state index in [-0.39, 0.29) is 9.92 Å². The van der Waals surface area contributed by atoms with Crippen molar-refractivity contribution in [3.05, 3.63) is 29.3 Å². The lowest BCUT2D eigenvalue weighted by atomic mass is 9.97. The molecular weight excluding hydrogens is 272 g/mol. The summed E-state index contributed by atoms with van der Waals surface area (Å²) < 4.78 is 26.8. The number of sulfonamides is 1. The molecule has 0 aliphatic rings. The van der Waals surface area contributed by atoms with E-state index in [1.54, 1.807) is 26.0 Å². The molecule has 0 fully saturated rings. The summed E-state index contributed by atoms with van der Waals surface area (Å²) in [6.45, 7) is 3.53. The lowest BCUT2D eigenvalue weighted by Crippen LogP contribution is -2.46. The molecule has 0 atom stereocenters. The third-order valence-electron chi connectivity index (χ3n) is 2.88. The maximum atomic E-state index is 12.2. The predicted molar refractivity (Wildman–Crippen MR) is 70.7 cm³/mol. The van der Waals surface area contributed by atoms with Gasteiger partial charge < -0.3 is 0 Å². The highest BCUT2D eigenvalue weighted by atomic mass is 35.5. The molecule has 0 amide bonds. The van der Waals surface area contributed by atoms with Crippen molar-refractivity contribution in [3.63, 3.8) is 0 Å². The van der Waals surface area contributed by atoms with Crippen LogP contribution in [0.3, 0.4) is 0 Å². The quantitative estimate of drug-likeness (QED) is 0.905. The number of nitriles is 1. The smallest absolute Gasteiger partial charge is 0.207 e. The molecule has 0 saturated carbocycles. The van der Waals surface area contributed by atoms with Crippen molar-refractivity contribution in [2.45, 2.75) is 37.1 Å². The molecule has 0 bridgehead atoms. The first-order valence-electron chi connectivity index (χ1n) is 5.60. The maximum Gasteiger partial charge on any atom is 0.243 e. The number of nitrogens with zero attached hydrogens (tertiary/aromatic N) is 1. The van der Waals surface area contributed by atoms with Gasteiger partial charge in [0.1, 0.15) is 10.4 Å². The highest BCUT2D eigenvalue weighted by molar-refractivity contribution is 7.89. The van der Waals surface area contributed by atoms with Crippen LogP contribution in [-0.4, -0.2) is 14.0 Å². The summed E-state index contributed by atoms with van der Waals surface area (Å²) in [5.41, 5.74) is -1.09. The second-order valence-electron chi connectivity index (χ2n) is 3.94. The van der Waals surface area contributed by atoms with Crippen LogP contribution in [0.25, 0.3) is 0 Å². The van der Waals surface area contributed by atoms with E-state index in [1.165, 1.54) is 12.1 Å². The fourth-order valence-corrected chi connectivity index (χ4v) is 3.53. The van der Waals surface area contributed by atoms with E-state index in [1.807, 2.05) is 6.07 Å². The van der Waals surface area contributed by atoms with Crippen LogP contribution in [0.4, 0.5) is 0 Å². The van der Waals surface area contributed by atoms with Crippen LogP contribution in [-0.2, 0) is 10.0 Å². The minimum Gasteiger partial charge on any atom is -0.207 e. The number of hydrogen-bond acceptors (Lipinski definition) is 3. The van der Waals surface area contributed by atoms with Gasteiger partial charge in [-0.3, -0.25) is 0 Å². The minimum atomic E-state index is -3.79. The Hall–Kier alpha value is -1.09. The van der Waals surface area contributed by atoms with E-state index in [9.17, 15) is 8.42 Å². The highest BCUT2D eigenvalue weighted by Crippen LogP contribution is 2.24. The van der Waals surface area contributed by atoms with Crippen LogP contribution in [0.15, 0.2) is 29.2 Å². The summed E-state index contributed by atoms with van der Waals surface area (Å²) in [5, 5.41) is 9.29. The van der Waals surface area contributed by atoms with Gasteiger partial charge in [-0.2, -0.15) is 9.98 Å². The summed E-state index contributed by atoms with van der Waals surface area (Å²) in [7, 11) is -3.79. The summed E-state index contributed by atoms with van der Waals surface area (Å²) >= 11 is 5.87. The van der Waals surface area contributed by atoms with E-state index in [0.717, 1.165) is 0 Å². The van der Waals surface area contributed by atoms with Crippen molar-refractivity contribution >= 4 is 21.6 Å². The van der Waals surface area contributed by atoms with Crippen LogP contribution in [0.2, 0.25) is 5.02 Å². The Morgan fingerprint density at radius 2 is 1.89 bits per heavy atom. The van der Waals surface area contributed by atoms with Crippen molar-refractivity contribution in [2.75, 3.05) is 0 Å². The summed E-state index contributed by atoms with van der Waals surface area (Å²) in [5.74, 6) is 0. The SMILES string of the molecule is CCC(C#N)(CC)NS(=O)(=O)c1ccccc1Cl. The molecule has 1 aromatic rings. The van der Waals surface area contributed by atoms with Crippen molar-refractivity contribution < 1.29 is 8.42 Å². The Kier molecular flexibility index (Phi) is 4.74. The van der Waals surface area contributed by atoms with Gasteiger partial charge in [-0.1, -0.05) is 37.6 Å². The van der Waals surface area contributed by atoms with Gasteiger partial charge in [0.2, 0.25) is 10.0 Å². The molecule has 1 aromatic carbocycles. The molecule has 1 rings (SSSR count).